The number of aromatic amines is 1. The second kappa shape index (κ2) is 5.02. The number of nitrogens with one attached hydrogen (secondary N) is 2. The molecule has 1 aromatic carbocycles. The van der Waals surface area contributed by atoms with E-state index in [1.165, 1.54) is 7.11 Å². The summed E-state index contributed by atoms with van der Waals surface area (Å²) < 4.78 is 4.81. The van der Waals surface area contributed by atoms with Gasteiger partial charge < -0.3 is 15.0 Å². The lowest BCUT2D eigenvalue weighted by molar-refractivity contribution is -0.145. The van der Waals surface area contributed by atoms with Gasteiger partial charge in [-0.15, -0.1) is 6.58 Å². The average Bonchev–Trinajstić information content (AvgIpc) is 2.94. The van der Waals surface area contributed by atoms with Crippen molar-refractivity contribution in [2.75, 3.05) is 7.11 Å². The van der Waals surface area contributed by atoms with E-state index in [0.717, 1.165) is 22.0 Å². The van der Waals surface area contributed by atoms with Crippen molar-refractivity contribution < 1.29 is 14.3 Å². The number of carbonyl (C=O) groups excluding carboxylic acids is 2. The van der Waals surface area contributed by atoms with Crippen molar-refractivity contribution in [1.82, 2.24) is 10.3 Å². The minimum atomic E-state index is -0.914. The average molecular weight is 298 g/mol. The largest absolute Gasteiger partial charge is 0.467 e. The zero-order chi connectivity index (χ0) is 15.9. The number of rotatable bonds is 2. The maximum absolute atomic E-state index is 12.7. The molecule has 0 unspecified atom stereocenters. The molecular formula is C17H18N2O3. The Hall–Kier alpha value is -2.56. The molecule has 0 saturated heterocycles. The van der Waals surface area contributed by atoms with Crippen LogP contribution < -0.4 is 5.32 Å². The fourth-order valence-electron chi connectivity index (χ4n) is 3.04. The molecule has 2 atom stereocenters. The summed E-state index contributed by atoms with van der Waals surface area (Å²) in [5.41, 5.74) is 1.90. The minimum absolute atomic E-state index is 0.253. The molecule has 0 saturated carbocycles. The Labute approximate surface area is 128 Å². The van der Waals surface area contributed by atoms with Crippen LogP contribution in [0.25, 0.3) is 10.9 Å². The lowest BCUT2D eigenvalue weighted by Gasteiger charge is -2.31. The van der Waals surface area contributed by atoms with E-state index in [-0.39, 0.29) is 5.91 Å². The monoisotopic (exact) mass is 298 g/mol. The molecule has 1 amide bonds. The van der Waals surface area contributed by atoms with Crippen LogP contribution in [0.15, 0.2) is 37.1 Å². The fourth-order valence-corrected chi connectivity index (χ4v) is 3.04. The first-order chi connectivity index (χ1) is 10.5. The molecule has 2 aromatic rings. The van der Waals surface area contributed by atoms with Gasteiger partial charge in [-0.1, -0.05) is 18.2 Å². The van der Waals surface area contributed by atoms with Crippen LogP contribution in [0.4, 0.5) is 0 Å². The third-order valence-corrected chi connectivity index (χ3v) is 4.44. The molecule has 2 heterocycles. The van der Waals surface area contributed by atoms with Crippen molar-refractivity contribution in [3.63, 3.8) is 0 Å². The van der Waals surface area contributed by atoms with Crippen LogP contribution in [0.2, 0.25) is 0 Å². The smallest absolute Gasteiger partial charge is 0.328 e. The Morgan fingerprint density at radius 2 is 2.27 bits per heavy atom. The molecule has 5 heteroatoms. The molecule has 0 aliphatic carbocycles. The third-order valence-electron chi connectivity index (χ3n) is 4.44. The van der Waals surface area contributed by atoms with E-state index in [1.54, 1.807) is 13.0 Å². The van der Waals surface area contributed by atoms with Crippen LogP contribution in [0.1, 0.15) is 18.1 Å². The second-order valence-corrected chi connectivity index (χ2v) is 5.70. The van der Waals surface area contributed by atoms with Crippen molar-refractivity contribution >= 4 is 22.8 Å². The minimum Gasteiger partial charge on any atom is -0.467 e. The van der Waals surface area contributed by atoms with E-state index in [9.17, 15) is 9.59 Å². The first-order valence-corrected chi connectivity index (χ1v) is 7.13. The molecule has 22 heavy (non-hydrogen) atoms. The summed E-state index contributed by atoms with van der Waals surface area (Å²) in [7, 11) is 1.32. The van der Waals surface area contributed by atoms with Gasteiger partial charge >= 0.3 is 5.97 Å². The predicted molar refractivity (Wildman–Crippen MR) is 83.5 cm³/mol. The van der Waals surface area contributed by atoms with Gasteiger partial charge in [0.1, 0.15) is 6.04 Å². The molecule has 2 N–H and O–H groups in total. The first kappa shape index (κ1) is 14.4. The van der Waals surface area contributed by atoms with E-state index in [0.29, 0.717) is 6.42 Å². The molecular weight excluding hydrogens is 280 g/mol. The highest BCUT2D eigenvalue weighted by Gasteiger charge is 2.39. The zero-order valence-corrected chi connectivity index (χ0v) is 12.6. The molecule has 1 aliphatic heterocycles. The summed E-state index contributed by atoms with van der Waals surface area (Å²) in [6.45, 7) is 5.63. The summed E-state index contributed by atoms with van der Waals surface area (Å²) in [5.74, 6) is -0.703. The summed E-state index contributed by atoms with van der Waals surface area (Å²) in [5, 5.41) is 3.77. The van der Waals surface area contributed by atoms with Crippen LogP contribution >= 0.6 is 0 Å². The number of hydrogen-bond donors (Lipinski definition) is 2. The quantitative estimate of drug-likeness (QED) is 0.656. The van der Waals surface area contributed by atoms with Crippen LogP contribution in [-0.4, -0.2) is 30.0 Å². The van der Waals surface area contributed by atoms with Gasteiger partial charge in [0, 0.05) is 23.5 Å². The lowest BCUT2D eigenvalue weighted by Crippen LogP contribution is -2.51. The van der Waals surface area contributed by atoms with Gasteiger partial charge in [0.25, 0.3) is 0 Å². The number of aromatic nitrogens is 1. The van der Waals surface area contributed by atoms with Crippen molar-refractivity contribution in [1.29, 1.82) is 0 Å². The van der Waals surface area contributed by atoms with E-state index in [1.807, 2.05) is 24.4 Å². The van der Waals surface area contributed by atoms with Gasteiger partial charge in [0.05, 0.1) is 12.5 Å². The van der Waals surface area contributed by atoms with E-state index < -0.39 is 17.4 Å². The van der Waals surface area contributed by atoms with E-state index in [4.69, 9.17) is 4.74 Å². The number of amides is 1. The Morgan fingerprint density at radius 1 is 1.50 bits per heavy atom. The highest BCUT2D eigenvalue weighted by molar-refractivity contribution is 6.00. The Bertz CT molecular complexity index is 777. The first-order valence-electron chi connectivity index (χ1n) is 7.13. The maximum Gasteiger partial charge on any atom is 0.328 e. The van der Waals surface area contributed by atoms with Crippen molar-refractivity contribution in [3.8, 4) is 0 Å². The predicted octanol–water partition coefficient (Wildman–Crippen LogP) is 1.83. The number of benzene rings is 1. The normalized spacial score (nSPS) is 24.3. The van der Waals surface area contributed by atoms with Gasteiger partial charge in [-0.25, -0.2) is 4.79 Å². The molecule has 114 valence electrons. The summed E-state index contributed by atoms with van der Waals surface area (Å²) in [4.78, 5) is 27.9. The standard InChI is InChI=1S/C17H18N2O3/c1-4-17(2)11-6-5-7-12-14(11)10(9-18-12)8-13(15(20)22-3)19-16(17)21/h4-7,9,13,18H,1,8H2,2-3H3,(H,19,21)/t13-,17+/m0/s1. The van der Waals surface area contributed by atoms with Crippen LogP contribution in [0, 0.1) is 0 Å². The number of methoxy groups -OCH3 is 1. The number of carbonyl (C=O) groups is 2. The van der Waals surface area contributed by atoms with Gasteiger partial charge in [-0.05, 0) is 24.1 Å². The van der Waals surface area contributed by atoms with Crippen molar-refractivity contribution in [2.24, 2.45) is 0 Å². The number of H-pyrrole nitrogens is 1. The molecule has 0 spiro atoms. The highest BCUT2D eigenvalue weighted by Crippen LogP contribution is 2.35. The summed E-state index contributed by atoms with van der Waals surface area (Å²) in [6.07, 6.45) is 3.89. The molecule has 1 aromatic heterocycles. The van der Waals surface area contributed by atoms with Gasteiger partial charge in [-0.2, -0.15) is 0 Å². The number of esters is 1. The Kier molecular flexibility index (Phi) is 3.28. The molecule has 0 bridgehead atoms. The van der Waals surface area contributed by atoms with Crippen molar-refractivity contribution in [3.05, 3.63) is 48.2 Å². The van der Waals surface area contributed by atoms with Gasteiger partial charge in [-0.3, -0.25) is 4.79 Å². The molecule has 5 nitrogen and oxygen atoms in total. The zero-order valence-electron chi connectivity index (χ0n) is 12.6. The number of hydrogen-bond acceptors (Lipinski definition) is 3. The van der Waals surface area contributed by atoms with E-state index in [2.05, 4.69) is 16.9 Å². The Balaban J connectivity index is 2.28. The topological polar surface area (TPSA) is 71.2 Å². The second-order valence-electron chi connectivity index (χ2n) is 5.70. The van der Waals surface area contributed by atoms with E-state index >= 15 is 0 Å². The lowest BCUT2D eigenvalue weighted by atomic mass is 9.77. The van der Waals surface area contributed by atoms with Crippen LogP contribution in [0.5, 0.6) is 0 Å². The van der Waals surface area contributed by atoms with Crippen molar-refractivity contribution in [2.45, 2.75) is 24.8 Å². The van der Waals surface area contributed by atoms with Gasteiger partial charge in [0.2, 0.25) is 5.91 Å². The molecule has 1 aliphatic rings. The summed E-state index contributed by atoms with van der Waals surface area (Å²) >= 11 is 0. The third kappa shape index (κ3) is 1.93. The molecule has 0 fully saturated rings. The maximum atomic E-state index is 12.7. The molecule has 3 rings (SSSR count). The number of ether oxygens (including phenoxy) is 1. The highest BCUT2D eigenvalue weighted by atomic mass is 16.5. The summed E-state index contributed by atoms with van der Waals surface area (Å²) in [6, 6.07) is 5.09. The SMILES string of the molecule is C=C[C@@]1(C)C(=O)N[C@H](C(=O)OC)Cc2c[nH]c3cccc1c23. The van der Waals surface area contributed by atoms with Crippen LogP contribution in [0.3, 0.4) is 0 Å². The molecule has 0 radical (unpaired) electrons. The van der Waals surface area contributed by atoms with Gasteiger partial charge in [0.15, 0.2) is 0 Å². The fraction of sp³-hybridized carbons (Fsp3) is 0.294. The Morgan fingerprint density at radius 3 is 2.95 bits per heavy atom. The van der Waals surface area contributed by atoms with Crippen LogP contribution in [-0.2, 0) is 26.2 Å².